The molecule has 0 saturated heterocycles. The second-order valence-corrected chi connectivity index (χ2v) is 24.6. The minimum Gasteiger partial charge on any atom is -0.391 e. The van der Waals surface area contributed by atoms with E-state index in [4.69, 9.17) is 9.05 Å². The second-order valence-electron chi connectivity index (χ2n) is 23.1. The number of nitrogens with zero attached hydrogens (tertiary/aromatic N) is 1. The van der Waals surface area contributed by atoms with Crippen LogP contribution in [0.15, 0.2) is 60.8 Å². The van der Waals surface area contributed by atoms with Gasteiger partial charge in [0.05, 0.1) is 39.9 Å². The summed E-state index contributed by atoms with van der Waals surface area (Å²) in [5.41, 5.74) is 0. The van der Waals surface area contributed by atoms with Crippen molar-refractivity contribution in [2.45, 2.75) is 315 Å². The number of rotatable bonds is 59. The van der Waals surface area contributed by atoms with Gasteiger partial charge in [-0.2, -0.15) is 0 Å². The molecule has 0 heterocycles. The highest BCUT2D eigenvalue weighted by Crippen LogP contribution is 2.43. The standard InChI is InChI=1S/C66H125N2O6P/c1-6-8-10-12-14-16-18-20-22-24-26-28-29-30-31-32-33-34-35-36-37-38-40-41-43-45-47-49-51-53-55-57-59-65(69)64(63-74-75(71,72)73-62-61-68(3,4)5)67-66(70)60-58-56-54-52-50-48-46-44-42-39-27-25-23-21-19-17-15-13-11-9-7-2/h9,11,15,17,21,23,27,39,44,46,64-65,69H,6-8,10,12-14,16,18-20,22,24-26,28-38,40-43,45,47-63H2,1-5H3,(H-,67,70,71,72)/p+1/b11-9-,17-15-,23-21-,39-27-,46-44-. The van der Waals surface area contributed by atoms with Gasteiger partial charge in [-0.25, -0.2) is 4.57 Å². The van der Waals surface area contributed by atoms with Gasteiger partial charge in [0.1, 0.15) is 13.2 Å². The highest BCUT2D eigenvalue weighted by molar-refractivity contribution is 7.47. The average molecular weight is 1070 g/mol. The molecule has 0 aromatic heterocycles. The summed E-state index contributed by atoms with van der Waals surface area (Å²) >= 11 is 0. The zero-order chi connectivity index (χ0) is 54.9. The van der Waals surface area contributed by atoms with Crippen LogP contribution in [0.3, 0.4) is 0 Å². The highest BCUT2D eigenvalue weighted by atomic mass is 31.2. The van der Waals surface area contributed by atoms with Crippen molar-refractivity contribution in [1.29, 1.82) is 0 Å². The van der Waals surface area contributed by atoms with E-state index in [1.165, 1.54) is 186 Å². The van der Waals surface area contributed by atoms with Crippen molar-refractivity contribution in [3.8, 4) is 0 Å². The number of phosphoric ester groups is 1. The van der Waals surface area contributed by atoms with Crippen LogP contribution in [0.4, 0.5) is 0 Å². The van der Waals surface area contributed by atoms with Crippen LogP contribution in [0.5, 0.6) is 0 Å². The van der Waals surface area contributed by atoms with Crippen molar-refractivity contribution in [2.75, 3.05) is 40.9 Å². The molecule has 0 spiro atoms. The van der Waals surface area contributed by atoms with E-state index in [2.05, 4.69) is 79.9 Å². The van der Waals surface area contributed by atoms with Crippen molar-refractivity contribution in [3.63, 3.8) is 0 Å². The van der Waals surface area contributed by atoms with Gasteiger partial charge >= 0.3 is 7.82 Å². The van der Waals surface area contributed by atoms with Gasteiger partial charge in [0.25, 0.3) is 0 Å². The van der Waals surface area contributed by atoms with Crippen LogP contribution in [0.1, 0.15) is 303 Å². The molecule has 0 aromatic rings. The van der Waals surface area contributed by atoms with E-state index in [0.29, 0.717) is 23.9 Å². The van der Waals surface area contributed by atoms with Gasteiger partial charge in [-0.05, 0) is 57.8 Å². The van der Waals surface area contributed by atoms with Gasteiger partial charge in [0.2, 0.25) is 5.91 Å². The van der Waals surface area contributed by atoms with Gasteiger partial charge in [0, 0.05) is 6.42 Å². The Labute approximate surface area is 466 Å². The van der Waals surface area contributed by atoms with Crippen LogP contribution >= 0.6 is 7.82 Å². The molecule has 0 rings (SSSR count). The molecule has 0 bridgehead atoms. The summed E-state index contributed by atoms with van der Waals surface area (Å²) in [7, 11) is 1.60. The summed E-state index contributed by atoms with van der Waals surface area (Å²) in [5.74, 6) is -0.161. The molecular weight excluding hydrogens is 948 g/mol. The second kappa shape index (κ2) is 56.9. The van der Waals surface area contributed by atoms with E-state index >= 15 is 0 Å². The monoisotopic (exact) mass is 1070 g/mol. The Morgan fingerprint density at radius 3 is 1.17 bits per heavy atom. The van der Waals surface area contributed by atoms with Gasteiger partial charge < -0.3 is 19.8 Å². The predicted octanol–water partition coefficient (Wildman–Crippen LogP) is 20.0. The number of aliphatic hydroxyl groups is 1. The fourth-order valence-corrected chi connectivity index (χ4v) is 10.3. The van der Waals surface area contributed by atoms with Crippen LogP contribution in [0.25, 0.3) is 0 Å². The number of phosphoric acid groups is 1. The Morgan fingerprint density at radius 2 is 0.800 bits per heavy atom. The number of aliphatic hydroxyl groups excluding tert-OH is 1. The molecule has 0 aliphatic rings. The summed E-state index contributed by atoms with van der Waals surface area (Å²) < 4.78 is 23.8. The Bertz CT molecular complexity index is 1400. The van der Waals surface area contributed by atoms with Crippen LogP contribution in [-0.4, -0.2) is 73.4 Å². The number of likely N-dealkylation sites (N-methyl/N-ethyl adjacent to an activating group) is 1. The molecule has 0 fully saturated rings. The largest absolute Gasteiger partial charge is 0.472 e. The zero-order valence-corrected chi connectivity index (χ0v) is 51.2. The first-order valence-corrected chi connectivity index (χ1v) is 33.6. The molecule has 3 atom stereocenters. The Hall–Kier alpha value is -1.80. The minimum absolute atomic E-state index is 0.0683. The van der Waals surface area contributed by atoms with Crippen molar-refractivity contribution < 1.29 is 32.9 Å². The molecule has 8 nitrogen and oxygen atoms in total. The molecule has 0 aliphatic heterocycles. The number of hydrogen-bond donors (Lipinski definition) is 3. The van der Waals surface area contributed by atoms with E-state index in [0.717, 1.165) is 89.9 Å². The lowest BCUT2D eigenvalue weighted by molar-refractivity contribution is -0.870. The first-order chi connectivity index (χ1) is 36.5. The molecule has 9 heteroatoms. The summed E-state index contributed by atoms with van der Waals surface area (Å²) in [6, 6.07) is -0.776. The SMILES string of the molecule is CC/C=C\C/C=C\C/C=C\C/C=C\C/C=C\CCCCCCCC(=O)NC(COP(=O)(O)OCC[N+](C)(C)C)C(O)CCCCCCCCCCCCCCCCCCCCCCCCCCCCCCCCCC. The third kappa shape index (κ3) is 59.7. The van der Waals surface area contributed by atoms with Gasteiger partial charge in [0.15, 0.2) is 0 Å². The fraction of sp³-hybridized carbons (Fsp3) is 0.833. The van der Waals surface area contributed by atoms with Crippen molar-refractivity contribution in [3.05, 3.63) is 60.8 Å². The molecule has 0 aliphatic carbocycles. The van der Waals surface area contributed by atoms with E-state index in [9.17, 15) is 19.4 Å². The maximum atomic E-state index is 13.0. The maximum Gasteiger partial charge on any atom is 0.472 e. The van der Waals surface area contributed by atoms with E-state index in [-0.39, 0.29) is 19.1 Å². The van der Waals surface area contributed by atoms with Crippen LogP contribution in [0.2, 0.25) is 0 Å². The lowest BCUT2D eigenvalue weighted by Crippen LogP contribution is -2.46. The summed E-state index contributed by atoms with van der Waals surface area (Å²) in [4.78, 5) is 23.4. The third-order valence-electron chi connectivity index (χ3n) is 14.5. The van der Waals surface area contributed by atoms with E-state index in [1.807, 2.05) is 21.1 Å². The molecule has 0 aromatic carbocycles. The van der Waals surface area contributed by atoms with Crippen molar-refractivity contribution >= 4 is 13.7 Å². The first kappa shape index (κ1) is 73.2. The molecule has 0 radical (unpaired) electrons. The summed E-state index contributed by atoms with van der Waals surface area (Å²) in [6.07, 6.45) is 77.4. The summed E-state index contributed by atoms with van der Waals surface area (Å²) in [6.45, 7) is 4.79. The molecule has 0 saturated carbocycles. The van der Waals surface area contributed by atoms with E-state index in [1.54, 1.807) is 0 Å². The Balaban J connectivity index is 4.07. The topological polar surface area (TPSA) is 105 Å². The molecule has 3 unspecified atom stereocenters. The predicted molar refractivity (Wildman–Crippen MR) is 327 cm³/mol. The van der Waals surface area contributed by atoms with Crippen molar-refractivity contribution in [2.24, 2.45) is 0 Å². The van der Waals surface area contributed by atoms with Gasteiger partial charge in [-0.15, -0.1) is 0 Å². The number of carbonyl (C=O) groups is 1. The Kier molecular flexibility index (Phi) is 55.5. The van der Waals surface area contributed by atoms with Crippen LogP contribution in [0, 0.1) is 0 Å². The number of carbonyl (C=O) groups excluding carboxylic acids is 1. The lowest BCUT2D eigenvalue weighted by Gasteiger charge is -2.26. The Morgan fingerprint density at radius 1 is 0.467 bits per heavy atom. The average Bonchev–Trinajstić information content (AvgIpc) is 3.37. The summed E-state index contributed by atoms with van der Waals surface area (Å²) in [5, 5.41) is 14.1. The molecule has 3 N–H and O–H groups in total. The number of amides is 1. The minimum atomic E-state index is -4.34. The molecule has 1 amide bonds. The fourth-order valence-electron chi connectivity index (χ4n) is 9.55. The van der Waals surface area contributed by atoms with Gasteiger partial charge in [-0.1, -0.05) is 299 Å². The highest BCUT2D eigenvalue weighted by Gasteiger charge is 2.28. The first-order valence-electron chi connectivity index (χ1n) is 32.2. The maximum absolute atomic E-state index is 13.0. The smallest absolute Gasteiger partial charge is 0.391 e. The zero-order valence-electron chi connectivity index (χ0n) is 50.3. The number of allylic oxidation sites excluding steroid dienone is 10. The van der Waals surface area contributed by atoms with E-state index < -0.39 is 20.0 Å². The molecular formula is C66H126N2O6P+. The number of hydrogen-bond acceptors (Lipinski definition) is 5. The number of quaternary nitrogens is 1. The quantitative estimate of drug-likeness (QED) is 0.0243. The number of nitrogens with one attached hydrogen (secondary N) is 1. The number of unbranched alkanes of at least 4 members (excludes halogenated alkanes) is 36. The lowest BCUT2D eigenvalue weighted by atomic mass is 10.0. The molecule has 75 heavy (non-hydrogen) atoms. The van der Waals surface area contributed by atoms with Crippen molar-refractivity contribution in [1.82, 2.24) is 5.32 Å². The van der Waals surface area contributed by atoms with Gasteiger partial charge in [-0.3, -0.25) is 13.8 Å². The third-order valence-corrected chi connectivity index (χ3v) is 15.5. The normalized spacial score (nSPS) is 14.2. The van der Waals surface area contributed by atoms with Crippen LogP contribution < -0.4 is 5.32 Å². The molecule has 440 valence electrons. The van der Waals surface area contributed by atoms with Crippen LogP contribution in [-0.2, 0) is 18.4 Å².